The second kappa shape index (κ2) is 6.62. The number of aliphatic hydroxyl groups is 1. The van der Waals surface area contributed by atoms with E-state index in [4.69, 9.17) is 11.6 Å². The average Bonchev–Trinajstić information content (AvgIpc) is 2.48. The van der Waals surface area contributed by atoms with Crippen molar-refractivity contribution < 1.29 is 19.1 Å². The summed E-state index contributed by atoms with van der Waals surface area (Å²) < 4.78 is 13.1. The number of hydrogen-bond donors (Lipinski definition) is 2. The molecule has 0 radical (unpaired) electrons. The molecule has 7 heteroatoms. The van der Waals surface area contributed by atoms with E-state index in [0.29, 0.717) is 24.9 Å². The minimum atomic E-state index is -1.59. The van der Waals surface area contributed by atoms with Crippen LogP contribution < -0.4 is 5.32 Å². The zero-order valence-electron chi connectivity index (χ0n) is 12.2. The zero-order valence-corrected chi connectivity index (χ0v) is 13.0. The fourth-order valence-corrected chi connectivity index (χ4v) is 2.69. The van der Waals surface area contributed by atoms with Crippen molar-refractivity contribution in [1.82, 2.24) is 10.2 Å². The highest BCUT2D eigenvalue weighted by Crippen LogP contribution is 2.22. The van der Waals surface area contributed by atoms with Crippen molar-refractivity contribution in [3.05, 3.63) is 34.6 Å². The van der Waals surface area contributed by atoms with Crippen LogP contribution in [0.15, 0.2) is 18.2 Å². The van der Waals surface area contributed by atoms with E-state index in [9.17, 15) is 19.1 Å². The van der Waals surface area contributed by atoms with Crippen molar-refractivity contribution in [3.8, 4) is 0 Å². The van der Waals surface area contributed by atoms with Crippen LogP contribution in [-0.4, -0.2) is 40.5 Å². The first kappa shape index (κ1) is 16.7. The Labute approximate surface area is 133 Å². The van der Waals surface area contributed by atoms with Gasteiger partial charge in [-0.05, 0) is 30.5 Å². The Morgan fingerprint density at radius 3 is 2.86 bits per heavy atom. The van der Waals surface area contributed by atoms with Gasteiger partial charge in [-0.25, -0.2) is 4.39 Å². The lowest BCUT2D eigenvalue weighted by Crippen LogP contribution is -2.57. The summed E-state index contributed by atoms with van der Waals surface area (Å²) in [5.41, 5.74) is -0.962. The molecule has 1 fully saturated rings. The molecule has 5 nitrogen and oxygen atoms in total. The summed E-state index contributed by atoms with van der Waals surface area (Å²) in [5.74, 6) is -1.24. The van der Waals surface area contributed by atoms with Gasteiger partial charge in [-0.2, -0.15) is 0 Å². The highest BCUT2D eigenvalue weighted by molar-refractivity contribution is 6.30. The van der Waals surface area contributed by atoms with Crippen molar-refractivity contribution in [1.29, 1.82) is 0 Å². The summed E-state index contributed by atoms with van der Waals surface area (Å²) in [6, 6.07) is 4.15. The van der Waals surface area contributed by atoms with E-state index in [1.54, 1.807) is 0 Å². The van der Waals surface area contributed by atoms with Crippen LogP contribution in [0.2, 0.25) is 5.02 Å². The number of carbonyl (C=O) groups excluding carboxylic acids is 2. The Kier molecular flexibility index (Phi) is 5.03. The maximum Gasteiger partial charge on any atom is 0.254 e. The molecule has 0 aromatic heterocycles. The van der Waals surface area contributed by atoms with Gasteiger partial charge in [0.15, 0.2) is 5.60 Å². The maximum absolute atomic E-state index is 13.1. The second-order valence-electron chi connectivity index (χ2n) is 5.51. The van der Waals surface area contributed by atoms with Crippen LogP contribution in [0.1, 0.15) is 25.3 Å². The predicted molar refractivity (Wildman–Crippen MR) is 79.7 cm³/mol. The minimum absolute atomic E-state index is 0.0155. The number of hydrogen-bond acceptors (Lipinski definition) is 3. The van der Waals surface area contributed by atoms with Crippen LogP contribution in [0.4, 0.5) is 4.39 Å². The van der Waals surface area contributed by atoms with Crippen molar-refractivity contribution in [2.75, 3.05) is 13.1 Å². The standard InChI is InChI=1S/C15H18ClFN2O3/c1-10(20)19-6-2-5-15(22,9-19)14(21)18-8-11-3-4-13(17)12(16)7-11/h3-4,7,22H,2,5-6,8-9H2,1H3,(H,18,21). The number of nitrogens with one attached hydrogen (secondary N) is 1. The van der Waals surface area contributed by atoms with Gasteiger partial charge < -0.3 is 15.3 Å². The first-order chi connectivity index (χ1) is 10.3. The Morgan fingerprint density at radius 1 is 1.50 bits per heavy atom. The highest BCUT2D eigenvalue weighted by Gasteiger charge is 2.40. The van der Waals surface area contributed by atoms with E-state index in [1.807, 2.05) is 0 Å². The number of benzene rings is 1. The maximum atomic E-state index is 13.1. The number of likely N-dealkylation sites (tertiary alicyclic amines) is 1. The van der Waals surface area contributed by atoms with Crippen molar-refractivity contribution in [2.45, 2.75) is 31.9 Å². The topological polar surface area (TPSA) is 69.6 Å². The number of piperidine rings is 1. The third kappa shape index (κ3) is 3.75. The SMILES string of the molecule is CC(=O)N1CCCC(O)(C(=O)NCc2ccc(F)c(Cl)c2)C1. The molecular weight excluding hydrogens is 311 g/mol. The molecule has 1 heterocycles. The molecular formula is C15H18ClFN2O3. The van der Waals surface area contributed by atoms with E-state index in [0.717, 1.165) is 0 Å². The van der Waals surface area contributed by atoms with E-state index in [1.165, 1.54) is 30.0 Å². The molecule has 0 spiro atoms. The van der Waals surface area contributed by atoms with Crippen LogP contribution in [0, 0.1) is 5.82 Å². The van der Waals surface area contributed by atoms with Crippen LogP contribution in [0.5, 0.6) is 0 Å². The lowest BCUT2D eigenvalue weighted by atomic mass is 9.91. The van der Waals surface area contributed by atoms with Crippen LogP contribution in [-0.2, 0) is 16.1 Å². The van der Waals surface area contributed by atoms with Crippen LogP contribution >= 0.6 is 11.6 Å². The fraction of sp³-hybridized carbons (Fsp3) is 0.467. The molecule has 0 aliphatic carbocycles. The van der Waals surface area contributed by atoms with Gasteiger partial charge in [-0.1, -0.05) is 17.7 Å². The monoisotopic (exact) mass is 328 g/mol. The van der Waals surface area contributed by atoms with Crippen LogP contribution in [0.25, 0.3) is 0 Å². The van der Waals surface area contributed by atoms with Gasteiger partial charge in [0.1, 0.15) is 5.82 Å². The van der Waals surface area contributed by atoms with Gasteiger partial charge >= 0.3 is 0 Å². The molecule has 22 heavy (non-hydrogen) atoms. The van der Waals surface area contributed by atoms with Crippen LogP contribution in [0.3, 0.4) is 0 Å². The van der Waals surface area contributed by atoms with Crippen molar-refractivity contribution in [3.63, 3.8) is 0 Å². The molecule has 1 aromatic rings. The molecule has 2 rings (SSSR count). The zero-order chi connectivity index (χ0) is 16.3. The summed E-state index contributed by atoms with van der Waals surface area (Å²) >= 11 is 5.68. The summed E-state index contributed by atoms with van der Waals surface area (Å²) in [4.78, 5) is 25.1. The van der Waals surface area contributed by atoms with Gasteiger partial charge in [0, 0.05) is 20.0 Å². The number of amides is 2. The summed E-state index contributed by atoms with van der Waals surface area (Å²) in [6.45, 7) is 2.06. The average molecular weight is 329 g/mol. The smallest absolute Gasteiger partial charge is 0.254 e. The minimum Gasteiger partial charge on any atom is -0.378 e. The van der Waals surface area contributed by atoms with Gasteiger partial charge in [-0.15, -0.1) is 0 Å². The fourth-order valence-electron chi connectivity index (χ4n) is 2.49. The molecule has 1 aromatic carbocycles. The lowest BCUT2D eigenvalue weighted by Gasteiger charge is -2.37. The quantitative estimate of drug-likeness (QED) is 0.882. The normalized spacial score (nSPS) is 21.5. The summed E-state index contributed by atoms with van der Waals surface area (Å²) in [7, 11) is 0. The Morgan fingerprint density at radius 2 is 2.23 bits per heavy atom. The Bertz CT molecular complexity index is 596. The summed E-state index contributed by atoms with van der Waals surface area (Å²) in [5, 5.41) is 13.0. The summed E-state index contributed by atoms with van der Waals surface area (Å²) in [6.07, 6.45) is 0.860. The van der Waals surface area contributed by atoms with Gasteiger partial charge in [0.2, 0.25) is 5.91 Å². The third-order valence-corrected chi connectivity index (χ3v) is 4.07. The molecule has 1 unspecified atom stereocenters. The third-order valence-electron chi connectivity index (χ3n) is 3.78. The predicted octanol–water partition coefficient (Wildman–Crippen LogP) is 1.47. The molecule has 0 bridgehead atoms. The van der Waals surface area contributed by atoms with E-state index in [-0.39, 0.29) is 24.0 Å². The lowest BCUT2D eigenvalue weighted by molar-refractivity contribution is -0.150. The molecule has 1 atom stereocenters. The molecule has 2 amide bonds. The van der Waals surface area contributed by atoms with E-state index >= 15 is 0 Å². The van der Waals surface area contributed by atoms with Gasteiger partial charge in [0.25, 0.3) is 5.91 Å². The van der Waals surface area contributed by atoms with E-state index in [2.05, 4.69) is 5.32 Å². The Balaban J connectivity index is 1.98. The molecule has 1 aliphatic heterocycles. The number of halogens is 2. The molecule has 2 N–H and O–H groups in total. The molecule has 120 valence electrons. The number of rotatable bonds is 3. The highest BCUT2D eigenvalue weighted by atomic mass is 35.5. The molecule has 1 saturated heterocycles. The van der Waals surface area contributed by atoms with Crippen molar-refractivity contribution in [2.24, 2.45) is 0 Å². The van der Waals surface area contributed by atoms with Crippen molar-refractivity contribution >= 4 is 23.4 Å². The first-order valence-electron chi connectivity index (χ1n) is 7.02. The van der Waals surface area contributed by atoms with E-state index < -0.39 is 17.3 Å². The number of nitrogens with zero attached hydrogens (tertiary/aromatic N) is 1. The number of β-amino-alcohol motifs (C(OH)–C–C–N with tert-alkyl or cyclic N) is 1. The second-order valence-corrected chi connectivity index (χ2v) is 5.91. The Hall–Kier alpha value is -1.66. The van der Waals surface area contributed by atoms with Gasteiger partial charge in [0.05, 0.1) is 11.6 Å². The first-order valence-corrected chi connectivity index (χ1v) is 7.40. The largest absolute Gasteiger partial charge is 0.378 e. The number of carbonyl (C=O) groups is 2. The molecule has 0 saturated carbocycles. The van der Waals surface area contributed by atoms with Gasteiger partial charge in [-0.3, -0.25) is 9.59 Å². The molecule has 1 aliphatic rings.